The van der Waals surface area contributed by atoms with Gasteiger partial charge in [0.2, 0.25) is 0 Å². The van der Waals surface area contributed by atoms with Gasteiger partial charge in [-0.25, -0.2) is 4.98 Å². The highest BCUT2D eigenvalue weighted by Gasteiger charge is 2.16. The molecule has 0 saturated heterocycles. The van der Waals surface area contributed by atoms with E-state index in [1.807, 2.05) is 6.07 Å². The lowest BCUT2D eigenvalue weighted by Gasteiger charge is -2.11. The van der Waals surface area contributed by atoms with Crippen molar-refractivity contribution in [2.45, 2.75) is 6.92 Å². The fourth-order valence-electron chi connectivity index (χ4n) is 3.73. The Bertz CT molecular complexity index is 1340. The number of nitrogens with zero attached hydrogens (tertiary/aromatic N) is 2. The highest BCUT2D eigenvalue weighted by Crippen LogP contribution is 2.36. The molecule has 5 aromatic rings. The average Bonchev–Trinajstić information content (AvgIpc) is 3.07. The van der Waals surface area contributed by atoms with Crippen LogP contribution in [-0.2, 0) is 0 Å². The number of rotatable bonds is 2. The van der Waals surface area contributed by atoms with Crippen molar-refractivity contribution in [3.63, 3.8) is 0 Å². The van der Waals surface area contributed by atoms with Gasteiger partial charge in [-0.3, -0.25) is 0 Å². The van der Waals surface area contributed by atoms with Gasteiger partial charge in [-0.15, -0.1) is 0 Å². The van der Waals surface area contributed by atoms with Crippen LogP contribution in [0.3, 0.4) is 0 Å². The summed E-state index contributed by atoms with van der Waals surface area (Å²) in [6.07, 6.45) is 2.10. The highest BCUT2D eigenvalue weighted by atomic mass is 79.9. The molecule has 0 N–H and O–H groups in total. The van der Waals surface area contributed by atoms with Gasteiger partial charge in [0.05, 0.1) is 23.8 Å². The number of hydrogen-bond acceptors (Lipinski definition) is 2. The lowest BCUT2D eigenvalue weighted by atomic mass is 10.0. The van der Waals surface area contributed by atoms with Crippen LogP contribution in [0.15, 0.2) is 71.3 Å². The van der Waals surface area contributed by atoms with Crippen molar-refractivity contribution in [3.05, 3.63) is 76.9 Å². The smallest absolute Gasteiger partial charge is 0.122 e. The van der Waals surface area contributed by atoms with Gasteiger partial charge in [0.1, 0.15) is 5.75 Å². The van der Waals surface area contributed by atoms with Gasteiger partial charge in [-0.05, 0) is 58.7 Å². The second kappa shape index (κ2) is 6.10. The van der Waals surface area contributed by atoms with Crippen molar-refractivity contribution in [3.8, 4) is 17.0 Å². The summed E-state index contributed by atoms with van der Waals surface area (Å²) in [5.74, 6) is 0.873. The molecule has 0 radical (unpaired) electrons. The molecule has 27 heavy (non-hydrogen) atoms. The third kappa shape index (κ3) is 2.52. The Morgan fingerprint density at radius 3 is 2.67 bits per heavy atom. The molecular formula is C23H17BrN2O. The molecule has 0 bridgehead atoms. The molecule has 132 valence electrons. The van der Waals surface area contributed by atoms with E-state index in [0.29, 0.717) is 0 Å². The van der Waals surface area contributed by atoms with Crippen LogP contribution >= 0.6 is 15.9 Å². The zero-order chi connectivity index (χ0) is 18.5. The second-order valence-electron chi connectivity index (χ2n) is 6.71. The minimum atomic E-state index is 0.873. The predicted molar refractivity (Wildman–Crippen MR) is 115 cm³/mol. The number of fused-ring (bicyclic) bond motifs is 5. The maximum atomic E-state index is 5.55. The second-order valence-corrected chi connectivity index (χ2v) is 7.63. The minimum Gasteiger partial charge on any atom is -0.496 e. The molecule has 0 aliphatic heterocycles. The number of aromatic nitrogens is 2. The maximum absolute atomic E-state index is 5.55. The molecular weight excluding hydrogens is 400 g/mol. The van der Waals surface area contributed by atoms with E-state index in [4.69, 9.17) is 9.72 Å². The topological polar surface area (TPSA) is 26.5 Å². The Labute approximate surface area is 165 Å². The van der Waals surface area contributed by atoms with Crippen molar-refractivity contribution < 1.29 is 4.74 Å². The highest BCUT2D eigenvalue weighted by molar-refractivity contribution is 9.10. The van der Waals surface area contributed by atoms with E-state index in [2.05, 4.69) is 88.0 Å². The quantitative estimate of drug-likeness (QED) is 0.333. The number of halogens is 1. The van der Waals surface area contributed by atoms with Gasteiger partial charge in [0, 0.05) is 32.5 Å². The number of ether oxygens (including phenoxy) is 1. The van der Waals surface area contributed by atoms with Gasteiger partial charge in [0.25, 0.3) is 0 Å². The van der Waals surface area contributed by atoms with E-state index >= 15 is 0 Å². The summed E-state index contributed by atoms with van der Waals surface area (Å²) in [6, 6.07) is 21.0. The first kappa shape index (κ1) is 16.3. The predicted octanol–water partition coefficient (Wildman–Crippen LogP) is 6.39. The average molecular weight is 417 g/mol. The first-order valence-corrected chi connectivity index (χ1v) is 9.59. The van der Waals surface area contributed by atoms with Crippen LogP contribution in [0, 0.1) is 6.92 Å². The van der Waals surface area contributed by atoms with E-state index in [1.54, 1.807) is 7.11 Å². The standard InChI is InChI=1S/C23H17BrN2O/c1-14-7-8-15(11-21(14)27-2)22-23-19(18-5-3-4-6-20(18)25-22)12-17-10-9-16(24)13-26(17)23/h3-13H,1-2H3. The van der Waals surface area contributed by atoms with Gasteiger partial charge < -0.3 is 9.14 Å². The first-order valence-electron chi connectivity index (χ1n) is 8.80. The molecule has 0 spiro atoms. The van der Waals surface area contributed by atoms with Crippen LogP contribution in [0.4, 0.5) is 0 Å². The molecule has 3 heterocycles. The number of para-hydroxylation sites is 1. The van der Waals surface area contributed by atoms with Gasteiger partial charge in [-0.2, -0.15) is 0 Å². The zero-order valence-corrected chi connectivity index (χ0v) is 16.6. The monoisotopic (exact) mass is 416 g/mol. The zero-order valence-electron chi connectivity index (χ0n) is 15.0. The molecule has 0 atom stereocenters. The van der Waals surface area contributed by atoms with E-state index in [9.17, 15) is 0 Å². The number of benzene rings is 2. The number of methoxy groups -OCH3 is 1. The van der Waals surface area contributed by atoms with Crippen molar-refractivity contribution in [2.75, 3.05) is 7.11 Å². The van der Waals surface area contributed by atoms with Crippen LogP contribution < -0.4 is 4.74 Å². The Kier molecular flexibility index (Phi) is 3.69. The summed E-state index contributed by atoms with van der Waals surface area (Å²) >= 11 is 3.60. The minimum absolute atomic E-state index is 0.873. The van der Waals surface area contributed by atoms with Crippen molar-refractivity contribution in [1.82, 2.24) is 9.38 Å². The van der Waals surface area contributed by atoms with Crippen molar-refractivity contribution >= 4 is 43.3 Å². The molecule has 3 nitrogen and oxygen atoms in total. The number of hydrogen-bond donors (Lipinski definition) is 0. The lowest BCUT2D eigenvalue weighted by Crippen LogP contribution is -1.94. The molecule has 3 aromatic heterocycles. The largest absolute Gasteiger partial charge is 0.496 e. The lowest BCUT2D eigenvalue weighted by molar-refractivity contribution is 0.412. The van der Waals surface area contributed by atoms with Crippen LogP contribution in [0.1, 0.15) is 5.56 Å². The van der Waals surface area contributed by atoms with Crippen LogP contribution in [0.5, 0.6) is 5.75 Å². The Morgan fingerprint density at radius 2 is 1.81 bits per heavy atom. The fourth-order valence-corrected chi connectivity index (χ4v) is 4.07. The van der Waals surface area contributed by atoms with Crippen molar-refractivity contribution in [2.24, 2.45) is 0 Å². The third-order valence-corrected chi connectivity index (χ3v) is 5.53. The summed E-state index contributed by atoms with van der Waals surface area (Å²) < 4.78 is 8.80. The Morgan fingerprint density at radius 1 is 0.963 bits per heavy atom. The molecule has 0 unspecified atom stereocenters. The molecule has 0 amide bonds. The van der Waals surface area contributed by atoms with Gasteiger partial charge >= 0.3 is 0 Å². The fraction of sp³-hybridized carbons (Fsp3) is 0.0870. The molecule has 0 saturated carbocycles. The Balaban J connectivity index is 1.98. The molecule has 5 rings (SSSR count). The van der Waals surface area contributed by atoms with E-state index in [1.165, 1.54) is 5.39 Å². The normalized spacial score (nSPS) is 11.5. The van der Waals surface area contributed by atoms with Crippen LogP contribution in [0.25, 0.3) is 38.6 Å². The summed E-state index contributed by atoms with van der Waals surface area (Å²) in [7, 11) is 1.71. The van der Waals surface area contributed by atoms with Crippen molar-refractivity contribution in [1.29, 1.82) is 0 Å². The summed E-state index contributed by atoms with van der Waals surface area (Å²) in [6.45, 7) is 2.05. The first-order chi connectivity index (χ1) is 13.2. The molecule has 4 heteroatoms. The van der Waals surface area contributed by atoms with Crippen LogP contribution in [0.2, 0.25) is 0 Å². The summed E-state index contributed by atoms with van der Waals surface area (Å²) in [4.78, 5) is 5.04. The Hall–Kier alpha value is -2.85. The number of aryl methyl sites for hydroxylation is 1. The van der Waals surface area contributed by atoms with Gasteiger partial charge in [0.15, 0.2) is 0 Å². The molecule has 0 aliphatic carbocycles. The SMILES string of the molecule is COc1cc(-c2nc3ccccc3c3cc4ccc(Br)cn4c23)ccc1C. The molecule has 0 fully saturated rings. The van der Waals surface area contributed by atoms with Crippen LogP contribution in [-0.4, -0.2) is 16.5 Å². The third-order valence-electron chi connectivity index (χ3n) is 5.06. The van der Waals surface area contributed by atoms with E-state index < -0.39 is 0 Å². The van der Waals surface area contributed by atoms with E-state index in [0.717, 1.165) is 49.0 Å². The molecule has 0 aliphatic rings. The summed E-state index contributed by atoms with van der Waals surface area (Å²) in [5.41, 5.74) is 6.37. The maximum Gasteiger partial charge on any atom is 0.122 e. The number of pyridine rings is 2. The molecule has 2 aromatic carbocycles. The van der Waals surface area contributed by atoms with Gasteiger partial charge in [-0.1, -0.05) is 30.3 Å². The van der Waals surface area contributed by atoms with E-state index in [-0.39, 0.29) is 0 Å². The summed E-state index contributed by atoms with van der Waals surface area (Å²) in [5, 5.41) is 2.36.